The van der Waals surface area contributed by atoms with E-state index in [1.165, 1.54) is 36.0 Å². The highest BCUT2D eigenvalue weighted by Gasteiger charge is 2.14. The number of methoxy groups -OCH3 is 1. The molecule has 20 heavy (non-hydrogen) atoms. The van der Waals surface area contributed by atoms with Gasteiger partial charge in [-0.3, -0.25) is 0 Å². The molecule has 104 valence electrons. The van der Waals surface area contributed by atoms with Gasteiger partial charge in [-0.1, -0.05) is 18.2 Å². The summed E-state index contributed by atoms with van der Waals surface area (Å²) in [6.45, 7) is 0. The minimum absolute atomic E-state index is 0.132. The van der Waals surface area contributed by atoms with Crippen LogP contribution in [-0.2, 0) is 19.3 Å². The molecule has 1 aromatic carbocycles. The second kappa shape index (κ2) is 5.59. The minimum Gasteiger partial charge on any atom is -0.480 e. The predicted octanol–water partition coefficient (Wildman–Crippen LogP) is 2.22. The number of nitrogens with two attached hydrogens (primary N) is 1. The Morgan fingerprint density at radius 2 is 2.00 bits per heavy atom. The van der Waals surface area contributed by atoms with Gasteiger partial charge in [0, 0.05) is 6.07 Å². The van der Waals surface area contributed by atoms with E-state index in [0.29, 0.717) is 5.88 Å². The SMILES string of the molecule is COc1ccc(C(N)Cc2ccc3c(c2)CCC3)nn1. The molecule has 0 spiro atoms. The van der Waals surface area contributed by atoms with Crippen LogP contribution in [0.5, 0.6) is 5.88 Å². The van der Waals surface area contributed by atoms with Gasteiger partial charge >= 0.3 is 0 Å². The van der Waals surface area contributed by atoms with Crippen molar-refractivity contribution >= 4 is 0 Å². The zero-order chi connectivity index (χ0) is 13.9. The maximum Gasteiger partial charge on any atom is 0.233 e. The Hall–Kier alpha value is -1.94. The lowest BCUT2D eigenvalue weighted by atomic mass is 10.00. The van der Waals surface area contributed by atoms with E-state index >= 15 is 0 Å². The molecule has 1 aliphatic rings. The second-order valence-electron chi connectivity index (χ2n) is 5.27. The maximum atomic E-state index is 6.22. The first-order valence-corrected chi connectivity index (χ1v) is 7.00. The summed E-state index contributed by atoms with van der Waals surface area (Å²) in [7, 11) is 1.58. The number of ether oxygens (including phenoxy) is 1. The summed E-state index contributed by atoms with van der Waals surface area (Å²) in [5.74, 6) is 0.512. The summed E-state index contributed by atoms with van der Waals surface area (Å²) in [4.78, 5) is 0. The summed E-state index contributed by atoms with van der Waals surface area (Å²) in [6, 6.07) is 10.3. The van der Waals surface area contributed by atoms with Crippen LogP contribution in [0, 0.1) is 0 Å². The van der Waals surface area contributed by atoms with Crippen molar-refractivity contribution in [1.29, 1.82) is 0 Å². The molecule has 0 aliphatic heterocycles. The first-order valence-electron chi connectivity index (χ1n) is 7.00. The quantitative estimate of drug-likeness (QED) is 0.924. The molecule has 4 nitrogen and oxygen atoms in total. The molecule has 2 N–H and O–H groups in total. The van der Waals surface area contributed by atoms with Crippen LogP contribution < -0.4 is 10.5 Å². The number of rotatable bonds is 4. The van der Waals surface area contributed by atoms with Gasteiger partial charge in [0.05, 0.1) is 18.8 Å². The van der Waals surface area contributed by atoms with Gasteiger partial charge in [-0.25, -0.2) is 0 Å². The topological polar surface area (TPSA) is 61.0 Å². The predicted molar refractivity (Wildman–Crippen MR) is 77.7 cm³/mol. The number of fused-ring (bicyclic) bond motifs is 1. The van der Waals surface area contributed by atoms with Gasteiger partial charge in [0.25, 0.3) is 0 Å². The third-order valence-corrected chi connectivity index (χ3v) is 3.87. The Kier molecular flexibility index (Phi) is 3.65. The van der Waals surface area contributed by atoms with Crippen LogP contribution in [0.2, 0.25) is 0 Å². The van der Waals surface area contributed by atoms with Gasteiger partial charge in [0.1, 0.15) is 0 Å². The molecule has 0 bridgehead atoms. The van der Waals surface area contributed by atoms with Crippen molar-refractivity contribution in [3.05, 3.63) is 52.7 Å². The average Bonchev–Trinajstić information content (AvgIpc) is 2.95. The number of hydrogen-bond acceptors (Lipinski definition) is 4. The molecular weight excluding hydrogens is 250 g/mol. The smallest absolute Gasteiger partial charge is 0.233 e. The number of aromatic nitrogens is 2. The lowest BCUT2D eigenvalue weighted by Crippen LogP contribution is -2.15. The summed E-state index contributed by atoms with van der Waals surface area (Å²) >= 11 is 0. The van der Waals surface area contributed by atoms with Crippen LogP contribution in [0.4, 0.5) is 0 Å². The van der Waals surface area contributed by atoms with Crippen LogP contribution in [-0.4, -0.2) is 17.3 Å². The Morgan fingerprint density at radius 1 is 1.15 bits per heavy atom. The molecule has 4 heteroatoms. The lowest BCUT2D eigenvalue weighted by molar-refractivity contribution is 0.390. The van der Waals surface area contributed by atoms with Crippen molar-refractivity contribution in [2.45, 2.75) is 31.7 Å². The van der Waals surface area contributed by atoms with Crippen molar-refractivity contribution in [3.63, 3.8) is 0 Å². The zero-order valence-corrected chi connectivity index (χ0v) is 11.7. The molecule has 1 atom stereocenters. The van der Waals surface area contributed by atoms with E-state index in [1.54, 1.807) is 13.2 Å². The Bertz CT molecular complexity index is 595. The minimum atomic E-state index is -0.132. The van der Waals surface area contributed by atoms with E-state index in [2.05, 4.69) is 28.4 Å². The highest BCUT2D eigenvalue weighted by Crippen LogP contribution is 2.24. The van der Waals surface area contributed by atoms with Crippen LogP contribution in [0.25, 0.3) is 0 Å². The molecule has 1 unspecified atom stereocenters. The van der Waals surface area contributed by atoms with E-state index in [1.807, 2.05) is 6.07 Å². The van der Waals surface area contributed by atoms with Gasteiger partial charge in [-0.2, -0.15) is 5.10 Å². The Labute approximate surface area is 119 Å². The summed E-state index contributed by atoms with van der Waals surface area (Å²) in [6.07, 6.45) is 4.47. The molecule has 1 aliphatic carbocycles. The molecule has 1 aromatic heterocycles. The largest absolute Gasteiger partial charge is 0.480 e. The van der Waals surface area contributed by atoms with Crippen molar-refractivity contribution in [3.8, 4) is 5.88 Å². The molecule has 0 fully saturated rings. The maximum absolute atomic E-state index is 6.22. The molecule has 0 saturated heterocycles. The average molecular weight is 269 g/mol. The van der Waals surface area contributed by atoms with Crippen LogP contribution in [0.15, 0.2) is 30.3 Å². The fraction of sp³-hybridized carbons (Fsp3) is 0.375. The Morgan fingerprint density at radius 3 is 2.75 bits per heavy atom. The summed E-state index contributed by atoms with van der Waals surface area (Å²) in [5.41, 5.74) is 11.3. The molecule has 0 radical (unpaired) electrons. The van der Waals surface area contributed by atoms with Gasteiger partial charge in [-0.05, 0) is 48.4 Å². The van der Waals surface area contributed by atoms with Gasteiger partial charge in [0.2, 0.25) is 5.88 Å². The van der Waals surface area contributed by atoms with Gasteiger partial charge in [-0.15, -0.1) is 5.10 Å². The third-order valence-electron chi connectivity index (χ3n) is 3.87. The van der Waals surface area contributed by atoms with Crippen molar-refractivity contribution in [1.82, 2.24) is 10.2 Å². The monoisotopic (exact) mass is 269 g/mol. The van der Waals surface area contributed by atoms with Gasteiger partial charge in [0.15, 0.2) is 0 Å². The zero-order valence-electron chi connectivity index (χ0n) is 11.7. The summed E-state index contributed by atoms with van der Waals surface area (Å²) in [5, 5.41) is 8.08. The first-order chi connectivity index (χ1) is 9.76. The molecule has 2 aromatic rings. The molecular formula is C16H19N3O. The van der Waals surface area contributed by atoms with E-state index in [0.717, 1.165) is 12.1 Å². The molecule has 0 saturated carbocycles. The van der Waals surface area contributed by atoms with Crippen LogP contribution in [0.1, 0.15) is 34.8 Å². The number of hydrogen-bond donors (Lipinski definition) is 1. The Balaban J connectivity index is 1.73. The van der Waals surface area contributed by atoms with Crippen molar-refractivity contribution < 1.29 is 4.74 Å². The fourth-order valence-electron chi connectivity index (χ4n) is 2.75. The molecule has 3 rings (SSSR count). The highest BCUT2D eigenvalue weighted by molar-refractivity contribution is 5.36. The summed E-state index contributed by atoms with van der Waals surface area (Å²) < 4.78 is 5.00. The molecule has 0 amide bonds. The van der Waals surface area contributed by atoms with Crippen LogP contribution in [0.3, 0.4) is 0 Å². The van der Waals surface area contributed by atoms with E-state index in [9.17, 15) is 0 Å². The lowest BCUT2D eigenvalue weighted by Gasteiger charge is -2.12. The van der Waals surface area contributed by atoms with E-state index in [4.69, 9.17) is 10.5 Å². The van der Waals surface area contributed by atoms with Crippen molar-refractivity contribution in [2.75, 3.05) is 7.11 Å². The van der Waals surface area contributed by atoms with Crippen molar-refractivity contribution in [2.24, 2.45) is 5.73 Å². The van der Waals surface area contributed by atoms with E-state index in [-0.39, 0.29) is 6.04 Å². The standard InChI is InChI=1S/C16H19N3O/c1-20-16-8-7-15(18-19-16)14(17)10-11-5-6-12-3-2-4-13(12)9-11/h5-9,14H,2-4,10,17H2,1H3. The fourth-order valence-corrected chi connectivity index (χ4v) is 2.75. The highest BCUT2D eigenvalue weighted by atomic mass is 16.5. The van der Waals surface area contributed by atoms with E-state index < -0.39 is 0 Å². The van der Waals surface area contributed by atoms with Gasteiger partial charge < -0.3 is 10.5 Å². The number of benzene rings is 1. The second-order valence-corrected chi connectivity index (χ2v) is 5.27. The number of aryl methyl sites for hydroxylation is 2. The number of nitrogens with zero attached hydrogens (tertiary/aromatic N) is 2. The molecule has 1 heterocycles. The van der Waals surface area contributed by atoms with Crippen LogP contribution >= 0.6 is 0 Å². The first kappa shape index (κ1) is 13.1. The third kappa shape index (κ3) is 2.65. The normalized spacial score (nSPS) is 14.9.